The van der Waals surface area contributed by atoms with E-state index in [4.69, 9.17) is 4.74 Å². The molecule has 1 aliphatic heterocycles. The number of hydrogen-bond acceptors (Lipinski definition) is 4. The van der Waals surface area contributed by atoms with Gasteiger partial charge in [-0.25, -0.2) is 0 Å². The second kappa shape index (κ2) is 7.92. The van der Waals surface area contributed by atoms with Gasteiger partial charge < -0.3 is 9.72 Å². The van der Waals surface area contributed by atoms with E-state index in [1.54, 1.807) is 0 Å². The zero-order valence-corrected chi connectivity index (χ0v) is 15.6. The number of pyridine rings is 2. The molecule has 1 N–H and O–H groups in total. The zero-order valence-electron chi connectivity index (χ0n) is 15.6. The smallest absolute Gasteiger partial charge is 0.255 e. The minimum atomic E-state index is -0.0434. The first-order chi connectivity index (χ1) is 13.2. The Kier molecular flexibility index (Phi) is 5.21. The van der Waals surface area contributed by atoms with Gasteiger partial charge in [-0.05, 0) is 66.1 Å². The van der Waals surface area contributed by atoms with Crippen LogP contribution in [0.5, 0.6) is 5.75 Å². The molecule has 1 aromatic carbocycles. The normalized spacial score (nSPS) is 15.9. The van der Waals surface area contributed by atoms with Gasteiger partial charge in [-0.1, -0.05) is 6.92 Å². The van der Waals surface area contributed by atoms with Gasteiger partial charge in [0.25, 0.3) is 5.56 Å². The van der Waals surface area contributed by atoms with E-state index >= 15 is 0 Å². The van der Waals surface area contributed by atoms with E-state index in [0.29, 0.717) is 0 Å². The summed E-state index contributed by atoms with van der Waals surface area (Å²) in [5.41, 5.74) is 2.40. The number of likely N-dealkylation sites (tertiary alicyclic amines) is 1. The van der Waals surface area contributed by atoms with Crippen molar-refractivity contribution >= 4 is 10.8 Å². The monoisotopic (exact) mass is 363 g/mol. The van der Waals surface area contributed by atoms with E-state index in [2.05, 4.69) is 33.9 Å². The highest BCUT2D eigenvalue weighted by Crippen LogP contribution is 2.25. The lowest BCUT2D eigenvalue weighted by Crippen LogP contribution is -2.37. The number of fused-ring (bicyclic) bond motifs is 1. The molecule has 2 aromatic heterocycles. The molecule has 0 amide bonds. The molecule has 0 atom stereocenters. The van der Waals surface area contributed by atoms with Crippen molar-refractivity contribution in [3.8, 4) is 5.75 Å². The fourth-order valence-corrected chi connectivity index (χ4v) is 3.79. The van der Waals surface area contributed by atoms with Gasteiger partial charge in [0.05, 0.1) is 0 Å². The summed E-state index contributed by atoms with van der Waals surface area (Å²) in [6, 6.07) is 9.96. The van der Waals surface area contributed by atoms with Gasteiger partial charge in [-0.3, -0.25) is 14.7 Å². The molecule has 4 rings (SSSR count). The Morgan fingerprint density at radius 3 is 2.67 bits per heavy atom. The van der Waals surface area contributed by atoms with Crippen molar-refractivity contribution in [1.82, 2.24) is 14.9 Å². The molecular weight excluding hydrogens is 338 g/mol. The summed E-state index contributed by atoms with van der Waals surface area (Å²) in [4.78, 5) is 21.4. The van der Waals surface area contributed by atoms with Crippen LogP contribution in [0.2, 0.25) is 0 Å². The van der Waals surface area contributed by atoms with Gasteiger partial charge in [0.15, 0.2) is 0 Å². The number of rotatable bonds is 5. The molecule has 1 fully saturated rings. The Labute approximate surface area is 159 Å². The summed E-state index contributed by atoms with van der Waals surface area (Å²) in [6.45, 7) is 5.12. The van der Waals surface area contributed by atoms with Crippen LogP contribution in [0.25, 0.3) is 10.8 Å². The molecule has 1 saturated heterocycles. The maximum absolute atomic E-state index is 12.0. The number of nitrogens with one attached hydrogen (secondary N) is 1. The van der Waals surface area contributed by atoms with Crippen molar-refractivity contribution in [2.24, 2.45) is 0 Å². The minimum absolute atomic E-state index is 0.0434. The van der Waals surface area contributed by atoms with Crippen molar-refractivity contribution < 1.29 is 4.74 Å². The van der Waals surface area contributed by atoms with Gasteiger partial charge in [-0.15, -0.1) is 0 Å². The lowest BCUT2D eigenvalue weighted by atomic mass is 10.0. The predicted octanol–water partition coefficient (Wildman–Crippen LogP) is 3.53. The van der Waals surface area contributed by atoms with Crippen LogP contribution in [-0.2, 0) is 13.0 Å². The van der Waals surface area contributed by atoms with Crippen LogP contribution in [0.1, 0.15) is 30.9 Å². The largest absolute Gasteiger partial charge is 0.490 e. The van der Waals surface area contributed by atoms with E-state index in [1.807, 2.05) is 36.8 Å². The summed E-state index contributed by atoms with van der Waals surface area (Å²) in [5, 5.41) is 1.72. The van der Waals surface area contributed by atoms with Gasteiger partial charge in [0.1, 0.15) is 11.9 Å². The maximum Gasteiger partial charge on any atom is 0.255 e. The molecule has 0 saturated carbocycles. The lowest BCUT2D eigenvalue weighted by Gasteiger charge is -2.32. The molecule has 0 unspecified atom stereocenters. The number of ether oxygens (including phenoxy) is 1. The third-order valence-electron chi connectivity index (χ3n) is 5.33. The number of aryl methyl sites for hydroxylation is 1. The minimum Gasteiger partial charge on any atom is -0.490 e. The number of nitrogens with zero attached hydrogens (tertiary/aromatic N) is 2. The fraction of sp³-hybridized carbons (Fsp3) is 0.364. The SMILES string of the molecule is CCc1c[nH]c(=O)c2ccc(OC3CCN(Cc4ccncc4)CC3)cc12. The molecule has 140 valence electrons. The van der Waals surface area contributed by atoms with Crippen molar-refractivity contribution in [2.45, 2.75) is 38.8 Å². The van der Waals surface area contributed by atoms with Crippen LogP contribution in [0.4, 0.5) is 0 Å². The van der Waals surface area contributed by atoms with Gasteiger partial charge in [0.2, 0.25) is 0 Å². The Balaban J connectivity index is 1.41. The average molecular weight is 363 g/mol. The summed E-state index contributed by atoms with van der Waals surface area (Å²) in [6.07, 6.45) is 8.64. The van der Waals surface area contributed by atoms with Crippen LogP contribution >= 0.6 is 0 Å². The number of H-pyrrole nitrogens is 1. The number of hydrogen-bond donors (Lipinski definition) is 1. The van der Waals surface area contributed by atoms with Crippen LogP contribution in [0.15, 0.2) is 53.7 Å². The van der Waals surface area contributed by atoms with Crippen molar-refractivity contribution in [3.05, 3.63) is 70.4 Å². The second-order valence-electron chi connectivity index (χ2n) is 7.15. The molecular formula is C22H25N3O2. The first-order valence-corrected chi connectivity index (χ1v) is 9.65. The Hall–Kier alpha value is -2.66. The molecule has 5 nitrogen and oxygen atoms in total. The van der Waals surface area contributed by atoms with Crippen LogP contribution in [-0.4, -0.2) is 34.1 Å². The quantitative estimate of drug-likeness (QED) is 0.753. The standard InChI is InChI=1S/C22H25N3O2/c1-2-17-14-24-22(26)20-4-3-19(13-21(17)20)27-18-7-11-25(12-8-18)15-16-5-9-23-10-6-16/h3-6,9-10,13-14,18H,2,7-8,11-12,15H2,1H3,(H,24,26). The molecule has 3 aromatic rings. The average Bonchev–Trinajstić information content (AvgIpc) is 2.71. The molecule has 0 bridgehead atoms. The highest BCUT2D eigenvalue weighted by molar-refractivity contribution is 5.85. The first-order valence-electron chi connectivity index (χ1n) is 9.65. The second-order valence-corrected chi connectivity index (χ2v) is 7.15. The van der Waals surface area contributed by atoms with Crippen LogP contribution < -0.4 is 10.3 Å². The zero-order chi connectivity index (χ0) is 18.6. The highest BCUT2D eigenvalue weighted by atomic mass is 16.5. The van der Waals surface area contributed by atoms with E-state index < -0.39 is 0 Å². The van der Waals surface area contributed by atoms with Gasteiger partial charge >= 0.3 is 0 Å². The summed E-state index contributed by atoms with van der Waals surface area (Å²) >= 11 is 0. The highest BCUT2D eigenvalue weighted by Gasteiger charge is 2.21. The number of piperidine rings is 1. The molecule has 3 heterocycles. The maximum atomic E-state index is 12.0. The Morgan fingerprint density at radius 1 is 1.15 bits per heavy atom. The number of aromatic nitrogens is 2. The molecule has 0 radical (unpaired) electrons. The van der Waals surface area contributed by atoms with E-state index in [0.717, 1.165) is 61.0 Å². The number of benzene rings is 1. The Morgan fingerprint density at radius 2 is 1.93 bits per heavy atom. The van der Waals surface area contributed by atoms with Crippen molar-refractivity contribution in [2.75, 3.05) is 13.1 Å². The van der Waals surface area contributed by atoms with Crippen LogP contribution in [0, 0.1) is 0 Å². The molecule has 0 aliphatic carbocycles. The fourth-order valence-electron chi connectivity index (χ4n) is 3.79. The van der Waals surface area contributed by atoms with Crippen molar-refractivity contribution in [3.63, 3.8) is 0 Å². The predicted molar refractivity (Wildman–Crippen MR) is 107 cm³/mol. The topological polar surface area (TPSA) is 58.2 Å². The molecule has 5 heteroatoms. The summed E-state index contributed by atoms with van der Waals surface area (Å²) in [7, 11) is 0. The Bertz CT molecular complexity index is 960. The molecule has 1 aliphatic rings. The van der Waals surface area contributed by atoms with Gasteiger partial charge in [-0.2, -0.15) is 0 Å². The lowest BCUT2D eigenvalue weighted by molar-refractivity contribution is 0.0969. The van der Waals surface area contributed by atoms with E-state index in [9.17, 15) is 4.79 Å². The molecule has 0 spiro atoms. The van der Waals surface area contributed by atoms with Crippen LogP contribution in [0.3, 0.4) is 0 Å². The third-order valence-corrected chi connectivity index (χ3v) is 5.33. The van der Waals surface area contributed by atoms with E-state index in [-0.39, 0.29) is 11.7 Å². The first kappa shape index (κ1) is 17.7. The molecule has 27 heavy (non-hydrogen) atoms. The third kappa shape index (κ3) is 4.03. The summed E-state index contributed by atoms with van der Waals surface area (Å²) in [5.74, 6) is 0.857. The van der Waals surface area contributed by atoms with Crippen molar-refractivity contribution in [1.29, 1.82) is 0 Å². The van der Waals surface area contributed by atoms with E-state index in [1.165, 1.54) is 5.56 Å². The number of aromatic amines is 1. The summed E-state index contributed by atoms with van der Waals surface area (Å²) < 4.78 is 6.25. The van der Waals surface area contributed by atoms with Gasteiger partial charge in [0, 0.05) is 43.6 Å².